The molecule has 0 saturated heterocycles. The lowest BCUT2D eigenvalue weighted by atomic mass is 9.80. The van der Waals surface area contributed by atoms with Crippen LogP contribution < -0.4 is 5.46 Å². The van der Waals surface area contributed by atoms with Crippen LogP contribution in [0.25, 0.3) is 0 Å². The molecule has 0 amide bonds. The van der Waals surface area contributed by atoms with Gasteiger partial charge in [-0.15, -0.1) is 0 Å². The van der Waals surface area contributed by atoms with E-state index in [1.165, 1.54) is 72.8 Å². The number of carbonyl (C=O) groups is 1. The number of benzene rings is 3. The largest absolute Gasteiger partial charge is 0.491 e. The normalized spacial score (nSPS) is 9.88. The Bertz CT molecular complexity index is 853. The average Bonchev–Trinajstić information content (AvgIpc) is 2.63. The summed E-state index contributed by atoms with van der Waals surface area (Å²) in [6.07, 6.45) is 0. The molecule has 0 aromatic heterocycles. The summed E-state index contributed by atoms with van der Waals surface area (Å²) < 4.78 is 39.1. The molecule has 0 saturated carbocycles. The summed E-state index contributed by atoms with van der Waals surface area (Å²) in [5, 5.41) is 17.0. The van der Waals surface area contributed by atoms with Crippen LogP contribution in [0.4, 0.5) is 13.2 Å². The molecule has 3 rings (SSSR count). The summed E-state index contributed by atoms with van der Waals surface area (Å²) >= 11 is 0. The zero-order valence-corrected chi connectivity index (χ0v) is 13.4. The van der Waals surface area contributed by atoms with E-state index in [0.29, 0.717) is 0 Å². The molecule has 7 heteroatoms. The van der Waals surface area contributed by atoms with Crippen molar-refractivity contribution in [2.24, 2.45) is 0 Å². The fourth-order valence-electron chi connectivity index (χ4n) is 2.12. The highest BCUT2D eigenvalue weighted by atomic mass is 19.1. The Morgan fingerprint density at radius 3 is 1.38 bits per heavy atom. The van der Waals surface area contributed by atoms with Gasteiger partial charge in [0.2, 0.25) is 0 Å². The summed E-state index contributed by atoms with van der Waals surface area (Å²) in [5.41, 5.74) is -0.331. The number of hydrogen-bond donors (Lipinski definition) is 2. The molecule has 0 aliphatic rings. The summed E-state index contributed by atoms with van der Waals surface area (Å²) in [4.78, 5) is 11.8. The third-order valence-electron chi connectivity index (χ3n) is 3.42. The smallest absolute Gasteiger partial charge is 0.423 e. The van der Waals surface area contributed by atoms with E-state index in [2.05, 4.69) is 0 Å². The molecule has 132 valence electrons. The Labute approximate surface area is 148 Å². The van der Waals surface area contributed by atoms with Gasteiger partial charge in [0, 0.05) is 5.46 Å². The topological polar surface area (TPSA) is 57.5 Å². The van der Waals surface area contributed by atoms with Gasteiger partial charge in [0.25, 0.3) is 0 Å². The van der Waals surface area contributed by atoms with Crippen LogP contribution in [0.1, 0.15) is 15.9 Å². The molecular formula is C19H14BF3O3. The Balaban J connectivity index is 0.000000209. The van der Waals surface area contributed by atoms with Gasteiger partial charge in [-0.2, -0.15) is 0 Å². The van der Waals surface area contributed by atoms with E-state index in [1.54, 1.807) is 0 Å². The molecule has 0 spiro atoms. The maximum atomic E-state index is 13.3. The van der Waals surface area contributed by atoms with Crippen LogP contribution in [-0.2, 0) is 0 Å². The van der Waals surface area contributed by atoms with E-state index < -0.39 is 30.4 Å². The Morgan fingerprint density at radius 1 is 0.654 bits per heavy atom. The predicted molar refractivity (Wildman–Crippen MR) is 92.5 cm³/mol. The van der Waals surface area contributed by atoms with Crippen molar-refractivity contribution in [3.05, 3.63) is 101 Å². The quantitative estimate of drug-likeness (QED) is 0.559. The van der Waals surface area contributed by atoms with Crippen molar-refractivity contribution < 1.29 is 28.0 Å². The van der Waals surface area contributed by atoms with Crippen molar-refractivity contribution in [3.63, 3.8) is 0 Å². The zero-order chi connectivity index (χ0) is 19.1. The fraction of sp³-hybridized carbons (Fsp3) is 0. The molecule has 3 aromatic rings. The second-order valence-corrected chi connectivity index (χ2v) is 5.18. The van der Waals surface area contributed by atoms with E-state index in [1.807, 2.05) is 0 Å². The number of carbonyl (C=O) groups excluding carboxylic acids is 1. The molecule has 0 unspecified atom stereocenters. The van der Waals surface area contributed by atoms with E-state index in [4.69, 9.17) is 10.0 Å². The lowest BCUT2D eigenvalue weighted by Crippen LogP contribution is -2.32. The van der Waals surface area contributed by atoms with Gasteiger partial charge in [-0.1, -0.05) is 42.5 Å². The number of ketones is 1. The Kier molecular flexibility index (Phi) is 6.71. The van der Waals surface area contributed by atoms with Gasteiger partial charge in [-0.25, -0.2) is 13.2 Å². The minimum Gasteiger partial charge on any atom is -0.423 e. The maximum Gasteiger partial charge on any atom is 0.491 e. The van der Waals surface area contributed by atoms with Gasteiger partial charge in [0.05, 0.1) is 11.1 Å². The van der Waals surface area contributed by atoms with Crippen LogP contribution in [0.2, 0.25) is 0 Å². The summed E-state index contributed by atoms with van der Waals surface area (Å²) in [7, 11) is -1.72. The molecule has 0 aliphatic heterocycles. The van der Waals surface area contributed by atoms with E-state index in [0.717, 1.165) is 0 Å². The van der Waals surface area contributed by atoms with Crippen LogP contribution in [0, 0.1) is 17.5 Å². The van der Waals surface area contributed by atoms with Crippen molar-refractivity contribution in [2.75, 3.05) is 0 Å². The third-order valence-corrected chi connectivity index (χ3v) is 3.42. The monoisotopic (exact) mass is 358 g/mol. The molecular weight excluding hydrogens is 344 g/mol. The Hall–Kier alpha value is -2.90. The van der Waals surface area contributed by atoms with Crippen LogP contribution >= 0.6 is 0 Å². The van der Waals surface area contributed by atoms with Crippen molar-refractivity contribution >= 4 is 18.4 Å². The van der Waals surface area contributed by atoms with Crippen LogP contribution in [0.3, 0.4) is 0 Å². The highest BCUT2D eigenvalue weighted by molar-refractivity contribution is 6.58. The molecule has 0 atom stereocenters. The molecule has 3 aromatic carbocycles. The van der Waals surface area contributed by atoms with Crippen molar-refractivity contribution in [1.82, 2.24) is 0 Å². The van der Waals surface area contributed by atoms with Crippen LogP contribution in [0.15, 0.2) is 72.8 Å². The highest BCUT2D eigenvalue weighted by Crippen LogP contribution is 2.15. The fourth-order valence-corrected chi connectivity index (χ4v) is 2.12. The van der Waals surface area contributed by atoms with Gasteiger partial charge in [0.15, 0.2) is 5.78 Å². The summed E-state index contributed by atoms with van der Waals surface area (Å²) in [6.45, 7) is 0. The van der Waals surface area contributed by atoms with Crippen molar-refractivity contribution in [1.29, 1.82) is 0 Å². The first-order valence-electron chi connectivity index (χ1n) is 7.56. The van der Waals surface area contributed by atoms with Crippen LogP contribution in [-0.4, -0.2) is 22.9 Å². The molecule has 0 fully saturated rings. The van der Waals surface area contributed by atoms with Gasteiger partial charge >= 0.3 is 7.12 Å². The van der Waals surface area contributed by atoms with E-state index in [9.17, 15) is 18.0 Å². The number of halogens is 3. The van der Waals surface area contributed by atoms with Gasteiger partial charge in [-0.05, 0) is 30.3 Å². The molecule has 0 radical (unpaired) electrons. The van der Waals surface area contributed by atoms with Gasteiger partial charge < -0.3 is 10.0 Å². The summed E-state index contributed by atoms with van der Waals surface area (Å²) in [5.74, 6) is -2.53. The second kappa shape index (κ2) is 8.98. The van der Waals surface area contributed by atoms with Crippen molar-refractivity contribution in [2.45, 2.75) is 0 Å². The zero-order valence-electron chi connectivity index (χ0n) is 13.4. The molecule has 0 heterocycles. The predicted octanol–water partition coefficient (Wildman–Crippen LogP) is 2.70. The number of rotatable bonds is 3. The minimum atomic E-state index is -1.72. The molecule has 2 N–H and O–H groups in total. The number of hydrogen-bond acceptors (Lipinski definition) is 3. The first-order valence-corrected chi connectivity index (χ1v) is 7.56. The average molecular weight is 358 g/mol. The molecule has 0 aliphatic carbocycles. The van der Waals surface area contributed by atoms with E-state index in [-0.39, 0.29) is 16.6 Å². The van der Waals surface area contributed by atoms with E-state index >= 15 is 0 Å². The molecule has 26 heavy (non-hydrogen) atoms. The molecule has 3 nitrogen and oxygen atoms in total. The first-order chi connectivity index (χ1) is 12.4. The third kappa shape index (κ3) is 4.81. The highest BCUT2D eigenvalue weighted by Gasteiger charge is 2.16. The summed E-state index contributed by atoms with van der Waals surface area (Å²) in [6, 6.07) is 16.6. The Morgan fingerprint density at radius 2 is 1.04 bits per heavy atom. The standard InChI is InChI=1S/C13H8F2O.C6H6BFO2/c14-11-7-3-1-5-9(11)13(16)10-6-2-4-8-12(10)15;8-6-4-2-1-3-5(6)7(9)10/h1-8H;1-4,9-10H. The van der Waals surface area contributed by atoms with Gasteiger partial charge in [-0.3, -0.25) is 4.79 Å². The van der Waals surface area contributed by atoms with Crippen molar-refractivity contribution in [3.8, 4) is 0 Å². The van der Waals surface area contributed by atoms with Gasteiger partial charge in [0.1, 0.15) is 17.5 Å². The lowest BCUT2D eigenvalue weighted by Gasteiger charge is -2.03. The minimum absolute atomic E-state index is 0.0949. The maximum absolute atomic E-state index is 13.3. The SMILES string of the molecule is O=C(c1ccccc1F)c1ccccc1F.OB(O)c1ccccc1F. The lowest BCUT2D eigenvalue weighted by molar-refractivity contribution is 0.103. The first kappa shape index (κ1) is 19.4. The second-order valence-electron chi connectivity index (χ2n) is 5.18. The molecule has 0 bridgehead atoms. The van der Waals surface area contributed by atoms with Crippen LogP contribution in [0.5, 0.6) is 0 Å².